The molecule has 140 valence electrons. The van der Waals surface area contributed by atoms with E-state index in [0.717, 1.165) is 12.1 Å². The van der Waals surface area contributed by atoms with E-state index >= 15 is 0 Å². The lowest BCUT2D eigenvalue weighted by Crippen LogP contribution is -2.24. The van der Waals surface area contributed by atoms with Crippen molar-refractivity contribution in [2.45, 2.75) is 25.8 Å². The maximum absolute atomic E-state index is 12.0. The van der Waals surface area contributed by atoms with Gasteiger partial charge in [0, 0.05) is 18.7 Å². The highest BCUT2D eigenvalue weighted by atomic mass is 16.5. The first kappa shape index (κ1) is 18.8. The first-order valence-corrected chi connectivity index (χ1v) is 9.15. The van der Waals surface area contributed by atoms with Gasteiger partial charge in [-0.15, -0.1) is 10.2 Å². The summed E-state index contributed by atoms with van der Waals surface area (Å²) in [5.41, 5.74) is 2.23. The monoisotopic (exact) mass is 364 g/mol. The predicted octanol–water partition coefficient (Wildman–Crippen LogP) is 2.92. The van der Waals surface area contributed by atoms with Crippen molar-refractivity contribution in [2.75, 3.05) is 13.2 Å². The number of nitrogens with one attached hydrogen (secondary N) is 1. The number of ether oxygens (including phenoxy) is 1. The number of rotatable bonds is 10. The molecule has 2 aromatic carbocycles. The van der Waals surface area contributed by atoms with Crippen molar-refractivity contribution in [3.05, 3.63) is 78.4 Å². The van der Waals surface area contributed by atoms with E-state index < -0.39 is 0 Å². The average molecular weight is 364 g/mol. The summed E-state index contributed by atoms with van der Waals surface area (Å²) in [6.07, 6.45) is 3.68. The third-order valence-electron chi connectivity index (χ3n) is 4.17. The number of carbonyl (C=O) groups excluding carboxylic acids is 1. The Balaban J connectivity index is 1.32. The Morgan fingerprint density at radius 2 is 1.74 bits per heavy atom. The number of nitrogens with zero attached hydrogens (tertiary/aromatic N) is 3. The van der Waals surface area contributed by atoms with Crippen LogP contribution in [0.5, 0.6) is 0 Å². The third-order valence-corrected chi connectivity index (χ3v) is 4.17. The lowest BCUT2D eigenvalue weighted by atomic mass is 10.2. The van der Waals surface area contributed by atoms with Crippen LogP contribution in [0.15, 0.2) is 67.0 Å². The number of hydrogen-bond donors (Lipinski definition) is 1. The van der Waals surface area contributed by atoms with Gasteiger partial charge in [0.15, 0.2) is 5.82 Å². The molecule has 3 aromatic rings. The van der Waals surface area contributed by atoms with Gasteiger partial charge in [0.2, 0.25) is 5.91 Å². The first-order chi connectivity index (χ1) is 13.3. The summed E-state index contributed by atoms with van der Waals surface area (Å²) in [7, 11) is 0. The molecule has 0 atom stereocenters. The van der Waals surface area contributed by atoms with Gasteiger partial charge in [0.05, 0.1) is 13.2 Å². The molecule has 6 heteroatoms. The van der Waals surface area contributed by atoms with Crippen molar-refractivity contribution < 1.29 is 9.53 Å². The van der Waals surface area contributed by atoms with E-state index in [2.05, 4.69) is 27.6 Å². The van der Waals surface area contributed by atoms with Crippen LogP contribution in [0.4, 0.5) is 0 Å². The largest absolute Gasteiger partial charge is 0.381 e. The van der Waals surface area contributed by atoms with E-state index in [9.17, 15) is 4.79 Å². The number of benzene rings is 2. The van der Waals surface area contributed by atoms with Crippen molar-refractivity contribution in [2.24, 2.45) is 0 Å². The molecule has 0 spiro atoms. The minimum Gasteiger partial charge on any atom is -0.381 e. The molecule has 0 bridgehead atoms. The van der Waals surface area contributed by atoms with Gasteiger partial charge in [-0.25, -0.2) is 0 Å². The molecular formula is C21H24N4O2. The summed E-state index contributed by atoms with van der Waals surface area (Å²) < 4.78 is 7.48. The molecule has 1 N–H and O–H groups in total. The second-order valence-corrected chi connectivity index (χ2v) is 6.18. The summed E-state index contributed by atoms with van der Waals surface area (Å²) in [5, 5.41) is 10.9. The van der Waals surface area contributed by atoms with Crippen molar-refractivity contribution >= 4 is 5.91 Å². The van der Waals surface area contributed by atoms with Crippen molar-refractivity contribution in [1.29, 1.82) is 0 Å². The molecule has 0 fully saturated rings. The maximum atomic E-state index is 12.0. The molecule has 27 heavy (non-hydrogen) atoms. The molecule has 6 nitrogen and oxygen atoms in total. The van der Waals surface area contributed by atoms with Gasteiger partial charge in [0.1, 0.15) is 6.33 Å². The van der Waals surface area contributed by atoms with Crippen molar-refractivity contribution in [3.8, 4) is 5.69 Å². The topological polar surface area (TPSA) is 69.0 Å². The van der Waals surface area contributed by atoms with E-state index in [1.807, 2.05) is 53.1 Å². The van der Waals surface area contributed by atoms with Gasteiger partial charge < -0.3 is 10.1 Å². The van der Waals surface area contributed by atoms with Crippen LogP contribution in [-0.2, 0) is 22.5 Å². The standard InChI is InChI=1S/C21H24N4O2/c26-21(12-7-14-27-15-13-18-8-3-1-4-9-18)22-16-20-24-23-17-25(20)19-10-5-2-6-11-19/h1-6,8-11,17H,7,12-16H2,(H,22,26). The average Bonchev–Trinajstić information content (AvgIpc) is 3.19. The van der Waals surface area contributed by atoms with Crippen molar-refractivity contribution in [1.82, 2.24) is 20.1 Å². The highest BCUT2D eigenvalue weighted by molar-refractivity contribution is 5.75. The first-order valence-electron chi connectivity index (χ1n) is 9.15. The van der Waals surface area contributed by atoms with Crippen LogP contribution in [0, 0.1) is 0 Å². The van der Waals surface area contributed by atoms with Gasteiger partial charge in [-0.2, -0.15) is 0 Å². The highest BCUT2D eigenvalue weighted by Crippen LogP contribution is 2.08. The summed E-state index contributed by atoms with van der Waals surface area (Å²) in [4.78, 5) is 12.0. The second-order valence-electron chi connectivity index (χ2n) is 6.18. The molecule has 0 aliphatic carbocycles. The van der Waals surface area contributed by atoms with E-state index in [0.29, 0.717) is 38.4 Å². The van der Waals surface area contributed by atoms with Crippen LogP contribution in [0.3, 0.4) is 0 Å². The fourth-order valence-electron chi connectivity index (χ4n) is 2.72. The quantitative estimate of drug-likeness (QED) is 0.562. The van der Waals surface area contributed by atoms with Crippen LogP contribution in [-0.4, -0.2) is 33.9 Å². The predicted molar refractivity (Wildman–Crippen MR) is 103 cm³/mol. The number of para-hydroxylation sites is 1. The Labute approximate surface area is 159 Å². The zero-order chi connectivity index (χ0) is 18.7. The summed E-state index contributed by atoms with van der Waals surface area (Å²) in [6.45, 7) is 1.61. The van der Waals surface area contributed by atoms with Gasteiger partial charge >= 0.3 is 0 Å². The summed E-state index contributed by atoms with van der Waals surface area (Å²) >= 11 is 0. The minimum absolute atomic E-state index is 0.00993. The molecule has 3 rings (SSSR count). The molecule has 0 unspecified atom stereocenters. The van der Waals surface area contributed by atoms with Crippen LogP contribution >= 0.6 is 0 Å². The smallest absolute Gasteiger partial charge is 0.220 e. The van der Waals surface area contributed by atoms with Gasteiger partial charge in [-0.1, -0.05) is 48.5 Å². The number of aromatic nitrogens is 3. The van der Waals surface area contributed by atoms with Gasteiger partial charge in [0.25, 0.3) is 0 Å². The molecule has 0 saturated heterocycles. The lowest BCUT2D eigenvalue weighted by Gasteiger charge is -2.08. The van der Waals surface area contributed by atoms with Gasteiger partial charge in [-0.05, 0) is 30.5 Å². The Bertz CT molecular complexity index is 818. The van der Waals surface area contributed by atoms with Crippen LogP contribution in [0.1, 0.15) is 24.2 Å². The minimum atomic E-state index is -0.00993. The summed E-state index contributed by atoms with van der Waals surface area (Å²) in [6, 6.07) is 20.0. The van der Waals surface area contributed by atoms with Crippen LogP contribution in [0.25, 0.3) is 5.69 Å². The third kappa shape index (κ3) is 6.04. The number of carbonyl (C=O) groups is 1. The van der Waals surface area contributed by atoms with E-state index in [4.69, 9.17) is 4.74 Å². The van der Waals surface area contributed by atoms with Gasteiger partial charge in [-0.3, -0.25) is 9.36 Å². The van der Waals surface area contributed by atoms with Crippen LogP contribution in [0.2, 0.25) is 0 Å². The molecule has 0 aliphatic rings. The molecule has 0 radical (unpaired) electrons. The number of amides is 1. The molecular weight excluding hydrogens is 340 g/mol. The zero-order valence-electron chi connectivity index (χ0n) is 15.3. The molecule has 1 amide bonds. The second kappa shape index (κ2) is 10.2. The SMILES string of the molecule is O=C(CCCOCCc1ccccc1)NCc1nncn1-c1ccccc1. The van der Waals surface area contributed by atoms with E-state index in [1.54, 1.807) is 6.33 Å². The molecule has 0 aliphatic heterocycles. The Morgan fingerprint density at radius 1 is 1.00 bits per heavy atom. The Morgan fingerprint density at radius 3 is 2.52 bits per heavy atom. The van der Waals surface area contributed by atoms with Crippen LogP contribution < -0.4 is 5.32 Å². The van der Waals surface area contributed by atoms with Crippen molar-refractivity contribution in [3.63, 3.8) is 0 Å². The normalized spacial score (nSPS) is 10.7. The highest BCUT2D eigenvalue weighted by Gasteiger charge is 2.08. The summed E-state index contributed by atoms with van der Waals surface area (Å²) in [5.74, 6) is 0.693. The maximum Gasteiger partial charge on any atom is 0.220 e. The fraction of sp³-hybridized carbons (Fsp3) is 0.286. The molecule has 0 saturated carbocycles. The number of hydrogen-bond acceptors (Lipinski definition) is 4. The fourth-order valence-corrected chi connectivity index (χ4v) is 2.72. The molecule has 1 heterocycles. The Hall–Kier alpha value is -2.99. The Kier molecular flexibility index (Phi) is 7.12. The lowest BCUT2D eigenvalue weighted by molar-refractivity contribution is -0.121. The van der Waals surface area contributed by atoms with E-state index in [-0.39, 0.29) is 5.91 Å². The zero-order valence-corrected chi connectivity index (χ0v) is 15.3. The van der Waals surface area contributed by atoms with E-state index in [1.165, 1.54) is 5.56 Å². The molecule has 1 aromatic heterocycles.